The van der Waals surface area contributed by atoms with Crippen LogP contribution in [-0.4, -0.2) is 65.4 Å². The van der Waals surface area contributed by atoms with Crippen molar-refractivity contribution in [1.82, 2.24) is 10.2 Å². The molecule has 1 saturated heterocycles. The lowest BCUT2D eigenvalue weighted by atomic mass is 10.1. The second-order valence-corrected chi connectivity index (χ2v) is 8.87. The molecule has 0 aromatic carbocycles. The second kappa shape index (κ2) is 9.52. The maximum absolute atomic E-state index is 11.6. The summed E-state index contributed by atoms with van der Waals surface area (Å²) >= 11 is 0. The smallest absolute Gasteiger partial charge is 0.407 e. The number of hydrogen-bond donors (Lipinski definition) is 2. The summed E-state index contributed by atoms with van der Waals surface area (Å²) in [6.45, 7) is 7.52. The van der Waals surface area contributed by atoms with Crippen molar-refractivity contribution >= 4 is 33.6 Å². The third-order valence-electron chi connectivity index (χ3n) is 2.93. The van der Waals surface area contributed by atoms with Gasteiger partial charge in [-0.25, -0.2) is 4.79 Å². The van der Waals surface area contributed by atoms with Crippen LogP contribution in [0.4, 0.5) is 4.79 Å². The third kappa shape index (κ3) is 8.14. The average Bonchev–Trinajstić information content (AvgIpc) is 2.76. The van der Waals surface area contributed by atoms with E-state index in [4.69, 9.17) is 9.84 Å². The summed E-state index contributed by atoms with van der Waals surface area (Å²) in [6, 6.07) is 0. The molecule has 0 radical (unpaired) electrons. The fourth-order valence-electron chi connectivity index (χ4n) is 1.97. The van der Waals surface area contributed by atoms with E-state index >= 15 is 0 Å². The van der Waals surface area contributed by atoms with Crippen LogP contribution in [0.25, 0.3) is 0 Å². The van der Waals surface area contributed by atoms with Crippen LogP contribution in [0.1, 0.15) is 27.2 Å². The van der Waals surface area contributed by atoms with Gasteiger partial charge in [-0.05, 0) is 20.8 Å². The number of aliphatic hydroxyl groups excluding tert-OH is 1. The van der Waals surface area contributed by atoms with Crippen LogP contribution < -0.4 is 5.32 Å². The number of likely N-dealkylation sites (tertiary alicyclic amines) is 1. The Morgan fingerprint density at radius 1 is 1.41 bits per heavy atom. The lowest BCUT2D eigenvalue weighted by Gasteiger charge is -2.19. The molecule has 6 nitrogen and oxygen atoms in total. The molecule has 2 N–H and O–H groups in total. The Hall–Kier alpha value is -0.600. The van der Waals surface area contributed by atoms with Crippen molar-refractivity contribution in [3.05, 3.63) is 0 Å². The molecule has 1 rings (SSSR count). The molecular weight excluding hydrogens is 324 g/mol. The number of amides is 2. The predicted molar refractivity (Wildman–Crippen MR) is 90.9 cm³/mol. The molecule has 0 bridgehead atoms. The highest BCUT2D eigenvalue weighted by molar-refractivity contribution is 8.76. The maximum atomic E-state index is 11.6. The molecule has 22 heavy (non-hydrogen) atoms. The van der Waals surface area contributed by atoms with E-state index in [1.165, 1.54) is 0 Å². The number of nitrogens with one attached hydrogen (secondary N) is 1. The minimum Gasteiger partial charge on any atom is -0.444 e. The molecule has 0 saturated carbocycles. The Morgan fingerprint density at radius 3 is 2.68 bits per heavy atom. The van der Waals surface area contributed by atoms with Gasteiger partial charge >= 0.3 is 6.09 Å². The van der Waals surface area contributed by atoms with Gasteiger partial charge in [0, 0.05) is 50.1 Å². The molecule has 0 aromatic rings. The maximum Gasteiger partial charge on any atom is 0.407 e. The van der Waals surface area contributed by atoms with Gasteiger partial charge in [0.25, 0.3) is 0 Å². The Balaban J connectivity index is 1.98. The minimum absolute atomic E-state index is 0.0838. The number of rotatable bonds is 8. The SMILES string of the molecule is CC(C)(C)OC(=O)NCCSSCCN1CC(CO)CC1=O. The molecule has 1 aliphatic heterocycles. The minimum atomic E-state index is -0.472. The summed E-state index contributed by atoms with van der Waals surface area (Å²) in [4.78, 5) is 24.9. The van der Waals surface area contributed by atoms with Gasteiger partial charge < -0.3 is 20.1 Å². The molecule has 0 spiro atoms. The number of hydrogen-bond acceptors (Lipinski definition) is 6. The molecule has 128 valence electrons. The largest absolute Gasteiger partial charge is 0.444 e. The molecule has 1 atom stereocenters. The van der Waals surface area contributed by atoms with E-state index in [-0.39, 0.29) is 18.4 Å². The number of nitrogens with zero attached hydrogens (tertiary/aromatic N) is 1. The van der Waals surface area contributed by atoms with Crippen LogP contribution in [0.3, 0.4) is 0 Å². The van der Waals surface area contributed by atoms with Crippen molar-refractivity contribution in [2.75, 3.05) is 37.7 Å². The Kier molecular flexibility index (Phi) is 8.41. The highest BCUT2D eigenvalue weighted by atomic mass is 33.1. The van der Waals surface area contributed by atoms with Gasteiger partial charge in [-0.3, -0.25) is 4.79 Å². The fourth-order valence-corrected chi connectivity index (χ4v) is 3.86. The van der Waals surface area contributed by atoms with Crippen molar-refractivity contribution in [1.29, 1.82) is 0 Å². The second-order valence-electron chi connectivity index (χ2n) is 6.17. The first-order chi connectivity index (χ1) is 10.3. The van der Waals surface area contributed by atoms with E-state index in [9.17, 15) is 9.59 Å². The molecule has 1 heterocycles. The summed E-state index contributed by atoms with van der Waals surface area (Å²) < 4.78 is 5.13. The highest BCUT2D eigenvalue weighted by Crippen LogP contribution is 2.22. The zero-order valence-corrected chi connectivity index (χ0v) is 15.1. The lowest BCUT2D eigenvalue weighted by Crippen LogP contribution is -2.33. The van der Waals surface area contributed by atoms with Crippen molar-refractivity contribution in [2.45, 2.75) is 32.8 Å². The highest BCUT2D eigenvalue weighted by Gasteiger charge is 2.28. The van der Waals surface area contributed by atoms with E-state index in [0.717, 1.165) is 11.5 Å². The lowest BCUT2D eigenvalue weighted by molar-refractivity contribution is -0.127. The van der Waals surface area contributed by atoms with E-state index in [1.54, 1.807) is 21.6 Å². The zero-order valence-electron chi connectivity index (χ0n) is 13.5. The molecular formula is C14H26N2O4S2. The van der Waals surface area contributed by atoms with Crippen molar-refractivity contribution in [3.63, 3.8) is 0 Å². The Morgan fingerprint density at radius 2 is 2.09 bits per heavy atom. The van der Waals surface area contributed by atoms with Crippen LogP contribution in [-0.2, 0) is 9.53 Å². The quantitative estimate of drug-likeness (QED) is 0.513. The summed E-state index contributed by atoms with van der Waals surface area (Å²) in [6.07, 6.45) is 0.0736. The molecule has 2 amide bonds. The first-order valence-corrected chi connectivity index (χ1v) is 9.90. The van der Waals surface area contributed by atoms with E-state index in [2.05, 4.69) is 5.32 Å². The van der Waals surface area contributed by atoms with E-state index < -0.39 is 11.7 Å². The van der Waals surface area contributed by atoms with Crippen LogP contribution >= 0.6 is 21.6 Å². The van der Waals surface area contributed by atoms with Crippen LogP contribution in [0.5, 0.6) is 0 Å². The van der Waals surface area contributed by atoms with Crippen LogP contribution in [0, 0.1) is 5.92 Å². The Bertz CT molecular complexity index is 374. The number of ether oxygens (including phenoxy) is 1. The molecule has 1 aliphatic rings. The summed E-state index contributed by atoms with van der Waals surface area (Å²) in [5, 5.41) is 11.8. The van der Waals surface area contributed by atoms with Crippen LogP contribution in [0.15, 0.2) is 0 Å². The van der Waals surface area contributed by atoms with E-state index in [1.807, 2.05) is 25.7 Å². The van der Waals surface area contributed by atoms with Gasteiger partial charge in [0.2, 0.25) is 5.91 Å². The number of aliphatic hydroxyl groups is 1. The van der Waals surface area contributed by atoms with Gasteiger partial charge in [0.05, 0.1) is 0 Å². The number of alkyl carbamates (subject to hydrolysis) is 1. The first-order valence-electron chi connectivity index (χ1n) is 7.41. The van der Waals surface area contributed by atoms with Gasteiger partial charge in [-0.1, -0.05) is 21.6 Å². The zero-order chi connectivity index (χ0) is 16.6. The normalized spacial score (nSPS) is 18.6. The molecule has 0 aromatic heterocycles. The summed E-state index contributed by atoms with van der Waals surface area (Å²) in [7, 11) is 3.35. The van der Waals surface area contributed by atoms with Gasteiger partial charge in [0.15, 0.2) is 0 Å². The standard InChI is InChI=1S/C14H26N2O4S2/c1-14(2,3)20-13(19)15-4-6-21-22-7-5-16-9-11(10-17)8-12(16)18/h11,17H,4-10H2,1-3H3,(H,15,19). The number of carbonyl (C=O) groups is 2. The van der Waals surface area contributed by atoms with Crippen molar-refractivity contribution in [3.8, 4) is 0 Å². The van der Waals surface area contributed by atoms with Crippen molar-refractivity contribution in [2.24, 2.45) is 5.92 Å². The topological polar surface area (TPSA) is 78.9 Å². The van der Waals surface area contributed by atoms with Gasteiger partial charge in [0.1, 0.15) is 5.60 Å². The van der Waals surface area contributed by atoms with Crippen molar-refractivity contribution < 1.29 is 19.4 Å². The molecule has 8 heteroatoms. The van der Waals surface area contributed by atoms with Gasteiger partial charge in [-0.2, -0.15) is 0 Å². The summed E-state index contributed by atoms with van der Waals surface area (Å²) in [5.74, 6) is 1.87. The first kappa shape index (κ1) is 19.4. The number of carbonyl (C=O) groups excluding carboxylic acids is 2. The Labute approximate surface area is 140 Å². The predicted octanol–water partition coefficient (Wildman–Crippen LogP) is 1.73. The van der Waals surface area contributed by atoms with Gasteiger partial charge in [-0.15, -0.1) is 0 Å². The molecule has 1 fully saturated rings. The summed E-state index contributed by atoms with van der Waals surface area (Å²) in [5.41, 5.74) is -0.472. The third-order valence-corrected chi connectivity index (χ3v) is 5.32. The van der Waals surface area contributed by atoms with E-state index in [0.29, 0.717) is 26.1 Å². The monoisotopic (exact) mass is 350 g/mol. The average molecular weight is 351 g/mol. The van der Waals surface area contributed by atoms with Crippen LogP contribution in [0.2, 0.25) is 0 Å². The molecule has 1 unspecified atom stereocenters. The molecule has 0 aliphatic carbocycles. The fraction of sp³-hybridized carbons (Fsp3) is 0.857.